The first-order valence-corrected chi connectivity index (χ1v) is 8.95. The van der Waals surface area contributed by atoms with E-state index in [2.05, 4.69) is 4.72 Å². The van der Waals surface area contributed by atoms with Gasteiger partial charge in [0, 0.05) is 0 Å². The van der Waals surface area contributed by atoms with Gasteiger partial charge in [-0.25, -0.2) is 8.42 Å². The number of aryl methyl sites for hydroxylation is 2. The van der Waals surface area contributed by atoms with Crippen molar-refractivity contribution in [1.82, 2.24) is 4.72 Å². The lowest BCUT2D eigenvalue weighted by Crippen LogP contribution is -2.34. The third-order valence-electron chi connectivity index (χ3n) is 3.54. The van der Waals surface area contributed by atoms with Crippen LogP contribution in [0.4, 0.5) is 0 Å². The fraction of sp³-hybridized carbons (Fsp3) is 0.267. The molecule has 118 valence electrons. The molecule has 0 radical (unpaired) electrons. The van der Waals surface area contributed by atoms with Crippen molar-refractivity contribution < 1.29 is 18.3 Å². The van der Waals surface area contributed by atoms with Gasteiger partial charge in [-0.15, -0.1) is 11.3 Å². The van der Waals surface area contributed by atoms with Crippen LogP contribution in [0, 0.1) is 20.8 Å². The van der Waals surface area contributed by atoms with Crippen LogP contribution >= 0.6 is 11.3 Å². The highest BCUT2D eigenvalue weighted by molar-refractivity contribution is 7.91. The summed E-state index contributed by atoms with van der Waals surface area (Å²) in [5, 5.41) is 11.1. The summed E-state index contributed by atoms with van der Waals surface area (Å²) in [5.41, 5.74) is 2.73. The fourth-order valence-electron chi connectivity index (χ4n) is 2.18. The minimum absolute atomic E-state index is 0.143. The molecule has 5 nitrogen and oxygen atoms in total. The first-order chi connectivity index (χ1) is 10.2. The lowest BCUT2D eigenvalue weighted by Gasteiger charge is -2.18. The number of hydrogen-bond acceptors (Lipinski definition) is 4. The van der Waals surface area contributed by atoms with Crippen LogP contribution in [0.1, 0.15) is 28.3 Å². The van der Waals surface area contributed by atoms with Gasteiger partial charge in [0.15, 0.2) is 0 Å². The van der Waals surface area contributed by atoms with E-state index in [-0.39, 0.29) is 4.21 Å². The van der Waals surface area contributed by atoms with Crippen molar-refractivity contribution in [2.75, 3.05) is 0 Å². The number of carboxylic acid groups (broad SMARTS) is 1. The maximum absolute atomic E-state index is 12.4. The Bertz CT molecular complexity index is 809. The van der Waals surface area contributed by atoms with E-state index in [9.17, 15) is 18.3 Å². The maximum atomic E-state index is 12.4. The molecule has 0 aliphatic heterocycles. The summed E-state index contributed by atoms with van der Waals surface area (Å²) >= 11 is 1.07. The molecule has 0 spiro atoms. The largest absolute Gasteiger partial charge is 0.480 e. The van der Waals surface area contributed by atoms with E-state index >= 15 is 0 Å². The molecule has 2 aromatic rings. The molecule has 0 amide bonds. The maximum Gasteiger partial charge on any atom is 0.326 e. The highest BCUT2D eigenvalue weighted by atomic mass is 32.2. The average Bonchev–Trinajstić information content (AvgIpc) is 2.86. The van der Waals surface area contributed by atoms with Gasteiger partial charge in [0.1, 0.15) is 10.3 Å². The van der Waals surface area contributed by atoms with Gasteiger partial charge in [-0.2, -0.15) is 4.72 Å². The number of benzene rings is 1. The number of hydrogen-bond donors (Lipinski definition) is 2. The van der Waals surface area contributed by atoms with E-state index in [0.717, 1.165) is 22.5 Å². The van der Waals surface area contributed by atoms with Crippen molar-refractivity contribution >= 4 is 27.3 Å². The van der Waals surface area contributed by atoms with Gasteiger partial charge >= 0.3 is 5.97 Å². The Balaban J connectivity index is 2.45. The van der Waals surface area contributed by atoms with Crippen molar-refractivity contribution in [2.24, 2.45) is 0 Å². The zero-order chi connectivity index (χ0) is 16.5. The van der Waals surface area contributed by atoms with E-state index in [4.69, 9.17) is 0 Å². The summed E-state index contributed by atoms with van der Waals surface area (Å²) in [6.45, 7) is 5.32. The second-order valence-electron chi connectivity index (χ2n) is 5.07. The summed E-state index contributed by atoms with van der Waals surface area (Å²) in [7, 11) is -3.88. The Morgan fingerprint density at radius 2 is 1.86 bits per heavy atom. The number of thiophene rings is 1. The van der Waals surface area contributed by atoms with Crippen molar-refractivity contribution in [3.63, 3.8) is 0 Å². The Hall–Kier alpha value is -1.70. The van der Waals surface area contributed by atoms with Crippen LogP contribution in [-0.2, 0) is 14.8 Å². The zero-order valence-corrected chi connectivity index (χ0v) is 14.1. The van der Waals surface area contributed by atoms with Gasteiger partial charge in [0.05, 0.1) is 0 Å². The molecule has 0 aliphatic rings. The predicted octanol–water partition coefficient (Wildman–Crippen LogP) is 2.78. The van der Waals surface area contributed by atoms with E-state index in [1.807, 2.05) is 13.0 Å². The molecule has 0 saturated heterocycles. The number of carboxylic acids is 1. The van der Waals surface area contributed by atoms with Crippen LogP contribution in [-0.4, -0.2) is 19.5 Å². The smallest absolute Gasteiger partial charge is 0.326 e. The molecule has 2 N–H and O–H groups in total. The average molecular weight is 339 g/mol. The van der Waals surface area contributed by atoms with E-state index in [1.54, 1.807) is 37.4 Å². The summed E-state index contributed by atoms with van der Waals surface area (Å²) in [6, 6.07) is 5.58. The van der Waals surface area contributed by atoms with Crippen molar-refractivity contribution in [2.45, 2.75) is 31.0 Å². The minimum atomic E-state index is -3.88. The standard InChI is InChI=1S/C15H17NO4S2/c1-9-5-4-6-12(11(9)3)13(14(17)18)16-22(19,20)15-10(2)7-8-21-15/h4-8,13,16H,1-3H3,(H,17,18). The highest BCUT2D eigenvalue weighted by Crippen LogP contribution is 2.26. The van der Waals surface area contributed by atoms with Crippen LogP contribution in [0.15, 0.2) is 33.9 Å². The van der Waals surface area contributed by atoms with Gasteiger partial charge in [-0.05, 0) is 54.5 Å². The van der Waals surface area contributed by atoms with Crippen molar-refractivity contribution in [3.05, 3.63) is 51.9 Å². The lowest BCUT2D eigenvalue weighted by atomic mass is 9.98. The Morgan fingerprint density at radius 1 is 1.18 bits per heavy atom. The molecule has 1 aromatic heterocycles. The molecular formula is C15H17NO4S2. The SMILES string of the molecule is Cc1ccsc1S(=O)(=O)NC(C(=O)O)c1cccc(C)c1C. The summed E-state index contributed by atoms with van der Waals surface area (Å²) in [6.07, 6.45) is 0. The summed E-state index contributed by atoms with van der Waals surface area (Å²) in [5.74, 6) is -1.23. The van der Waals surface area contributed by atoms with Gasteiger partial charge in [0.2, 0.25) is 0 Å². The third-order valence-corrected chi connectivity index (χ3v) is 6.65. The van der Waals surface area contributed by atoms with E-state index in [0.29, 0.717) is 11.1 Å². The molecule has 0 fully saturated rings. The van der Waals surface area contributed by atoms with Crippen LogP contribution < -0.4 is 4.72 Å². The molecule has 7 heteroatoms. The minimum Gasteiger partial charge on any atom is -0.480 e. The zero-order valence-electron chi connectivity index (χ0n) is 12.5. The Kier molecular flexibility index (Phi) is 4.69. The predicted molar refractivity (Wildman–Crippen MR) is 85.7 cm³/mol. The van der Waals surface area contributed by atoms with Crippen molar-refractivity contribution in [3.8, 4) is 0 Å². The fourth-order valence-corrected chi connectivity index (χ4v) is 4.78. The summed E-state index contributed by atoms with van der Waals surface area (Å²) < 4.78 is 27.3. The molecule has 0 saturated carbocycles. The van der Waals surface area contributed by atoms with E-state index in [1.165, 1.54) is 0 Å². The second kappa shape index (κ2) is 6.20. The van der Waals surface area contributed by atoms with Crippen molar-refractivity contribution in [1.29, 1.82) is 0 Å². The molecule has 1 atom stereocenters. The highest BCUT2D eigenvalue weighted by Gasteiger charge is 2.29. The number of aliphatic carboxylic acids is 1. The van der Waals surface area contributed by atoms with E-state index < -0.39 is 22.0 Å². The molecule has 1 heterocycles. The Morgan fingerprint density at radius 3 is 2.41 bits per heavy atom. The van der Waals surface area contributed by atoms with Crippen LogP contribution in [0.3, 0.4) is 0 Å². The van der Waals surface area contributed by atoms with Gasteiger partial charge in [-0.1, -0.05) is 18.2 Å². The monoisotopic (exact) mass is 339 g/mol. The lowest BCUT2D eigenvalue weighted by molar-refractivity contribution is -0.139. The number of carbonyl (C=O) groups is 1. The molecule has 0 aliphatic carbocycles. The van der Waals surface area contributed by atoms with Crippen LogP contribution in [0.25, 0.3) is 0 Å². The van der Waals surface area contributed by atoms with Crippen LogP contribution in [0.5, 0.6) is 0 Å². The molecule has 1 aromatic carbocycles. The number of nitrogens with one attached hydrogen (secondary N) is 1. The molecular weight excluding hydrogens is 322 g/mol. The van der Waals surface area contributed by atoms with Gasteiger partial charge in [0.25, 0.3) is 10.0 Å². The Labute approximate surface area is 133 Å². The van der Waals surface area contributed by atoms with Crippen LogP contribution in [0.2, 0.25) is 0 Å². The quantitative estimate of drug-likeness (QED) is 0.877. The molecule has 1 unspecified atom stereocenters. The normalized spacial score (nSPS) is 13.0. The van der Waals surface area contributed by atoms with Gasteiger partial charge in [-0.3, -0.25) is 4.79 Å². The third kappa shape index (κ3) is 3.21. The van der Waals surface area contributed by atoms with Gasteiger partial charge < -0.3 is 5.11 Å². The molecule has 2 rings (SSSR count). The molecule has 0 bridgehead atoms. The topological polar surface area (TPSA) is 83.5 Å². The first-order valence-electron chi connectivity index (χ1n) is 6.59. The summed E-state index contributed by atoms with van der Waals surface area (Å²) in [4.78, 5) is 11.6. The first kappa shape index (κ1) is 16.7. The number of sulfonamides is 1. The number of rotatable bonds is 5. The second-order valence-corrected chi connectivity index (χ2v) is 7.90. The molecule has 22 heavy (non-hydrogen) atoms.